The zero-order valence-electron chi connectivity index (χ0n) is 36.4. The number of esters is 2. The van der Waals surface area contributed by atoms with Crippen LogP contribution in [0, 0.1) is 11.3 Å². The number of hydrogen-bond acceptors (Lipinski definition) is 7. The summed E-state index contributed by atoms with van der Waals surface area (Å²) in [4.78, 5) is 30.4. The number of nitrogens with zero attached hydrogens (tertiary/aromatic N) is 1. The summed E-state index contributed by atoms with van der Waals surface area (Å²) in [5, 5.41) is 0. The van der Waals surface area contributed by atoms with E-state index in [9.17, 15) is 124 Å². The van der Waals surface area contributed by atoms with E-state index in [-0.39, 0.29) is 41.3 Å². The maximum absolute atomic E-state index is 15.0. The average molecular weight is 1110 g/mol. The van der Waals surface area contributed by atoms with Gasteiger partial charge in [0.1, 0.15) is 5.92 Å². The Balaban J connectivity index is 2.11. The van der Waals surface area contributed by atoms with Crippen molar-refractivity contribution in [3.8, 4) is 0 Å². The number of benzene rings is 1. The lowest BCUT2D eigenvalue weighted by atomic mass is 9.75. The fourth-order valence-electron chi connectivity index (χ4n) is 7.23. The van der Waals surface area contributed by atoms with Crippen molar-refractivity contribution < 1.29 is 143 Å². The molecule has 2 heterocycles. The van der Waals surface area contributed by atoms with Gasteiger partial charge < -0.3 is 18.9 Å². The first kappa shape index (κ1) is 62.0. The summed E-state index contributed by atoms with van der Waals surface area (Å²) in [5.41, 5.74) is -3.69. The molecule has 1 aromatic carbocycles. The molecule has 414 valence electrons. The minimum Gasteiger partial charge on any atom is -0.465 e. The maximum Gasteiger partial charge on any atom is 0.460 e. The molecule has 1 saturated heterocycles. The first-order valence-electron chi connectivity index (χ1n) is 19.9. The molecule has 1 aromatic rings. The Bertz CT molecular complexity index is 2100. The van der Waals surface area contributed by atoms with Gasteiger partial charge in [0.25, 0.3) is 0 Å². The molecule has 0 aromatic heterocycles. The van der Waals surface area contributed by atoms with Crippen LogP contribution in [0.3, 0.4) is 0 Å². The lowest BCUT2D eigenvalue weighted by Gasteiger charge is -2.44. The Labute approximate surface area is 387 Å². The van der Waals surface area contributed by atoms with E-state index in [2.05, 4.69) is 4.99 Å². The van der Waals surface area contributed by atoms with E-state index < -0.39 is 146 Å². The van der Waals surface area contributed by atoms with Crippen molar-refractivity contribution in [1.29, 1.82) is 0 Å². The van der Waals surface area contributed by atoms with Crippen molar-refractivity contribution in [2.45, 2.75) is 137 Å². The molecule has 0 radical (unpaired) electrons. The first-order chi connectivity index (χ1) is 32.1. The molecule has 3 rings (SSSR count). The van der Waals surface area contributed by atoms with Gasteiger partial charge in [0, 0.05) is 41.1 Å². The smallest absolute Gasteiger partial charge is 0.460 e. The van der Waals surface area contributed by atoms with Crippen LogP contribution < -0.4 is 0 Å². The zero-order chi connectivity index (χ0) is 56.3. The molecule has 72 heavy (non-hydrogen) atoms. The van der Waals surface area contributed by atoms with Gasteiger partial charge in [-0.05, 0) is 46.1 Å². The highest BCUT2D eigenvalue weighted by atomic mass is 19.4. The fraction of sp³-hybridized carbons (Fsp3) is 0.718. The third-order valence-electron chi connectivity index (χ3n) is 11.4. The van der Waals surface area contributed by atoms with E-state index in [0.717, 1.165) is 24.3 Å². The van der Waals surface area contributed by atoms with E-state index in [0.29, 0.717) is 0 Å². The van der Waals surface area contributed by atoms with Crippen LogP contribution >= 0.6 is 0 Å². The van der Waals surface area contributed by atoms with E-state index in [1.165, 1.54) is 27.7 Å². The van der Waals surface area contributed by atoms with Crippen molar-refractivity contribution in [1.82, 2.24) is 0 Å². The second-order valence-electron chi connectivity index (χ2n) is 16.3. The largest absolute Gasteiger partial charge is 0.465 e. The van der Waals surface area contributed by atoms with Gasteiger partial charge in [-0.25, -0.2) is 4.79 Å². The summed E-state index contributed by atoms with van der Waals surface area (Å²) in [5.74, 6) is -84.9. The van der Waals surface area contributed by atoms with Crippen LogP contribution in [0.5, 0.6) is 0 Å². The summed E-state index contributed by atoms with van der Waals surface area (Å²) >= 11 is 0. The Morgan fingerprint density at radius 1 is 0.542 bits per heavy atom. The molecule has 2 aliphatic rings. The van der Waals surface area contributed by atoms with E-state index >= 15 is 0 Å². The Morgan fingerprint density at radius 3 is 1.24 bits per heavy atom. The quantitative estimate of drug-likeness (QED) is 0.0956. The SMILES string of the molecule is CCOC(=O)C1=C(C)N=C(C)C(C(=O)OCC)C1c1ccc(C2OCC(CCC(F)(F)C(F)(F)C(F)(F)C(F)(F)C(F)(F)C(F)(F)F)(CCC(F)(F)C(F)(F)C(F)(F)C(F)(F)C(F)(F)C(F)(F)F)CO2)cc1. The van der Waals surface area contributed by atoms with E-state index in [1.54, 1.807) is 0 Å². The highest BCUT2D eigenvalue weighted by Gasteiger charge is 2.92. The van der Waals surface area contributed by atoms with Gasteiger partial charge in [0.2, 0.25) is 0 Å². The van der Waals surface area contributed by atoms with Crippen molar-refractivity contribution >= 4 is 17.7 Å². The summed E-state index contributed by atoms with van der Waals surface area (Å²) in [6.07, 6.45) is -29.2. The lowest BCUT2D eigenvalue weighted by molar-refractivity contribution is -0.441. The predicted octanol–water partition coefficient (Wildman–Crippen LogP) is 13.3. The maximum atomic E-state index is 15.0. The van der Waals surface area contributed by atoms with Crippen LogP contribution in [0.15, 0.2) is 40.5 Å². The van der Waals surface area contributed by atoms with Gasteiger partial charge in [0.15, 0.2) is 6.29 Å². The molecular formula is C39H35F26NO6. The number of carbonyl (C=O) groups excluding carboxylic acids is 2. The lowest BCUT2D eigenvalue weighted by Crippen LogP contribution is -2.70. The number of allylic oxidation sites excluding steroid dienone is 1. The predicted molar refractivity (Wildman–Crippen MR) is 189 cm³/mol. The third-order valence-corrected chi connectivity index (χ3v) is 11.4. The molecule has 0 bridgehead atoms. The second-order valence-corrected chi connectivity index (χ2v) is 16.3. The number of rotatable bonds is 20. The van der Waals surface area contributed by atoms with Crippen LogP contribution in [0.1, 0.15) is 76.7 Å². The standard InChI is InChI=1S/C39H35F26NO6/c1-5-69-24(67)21-17(3)66-18(4)22(25(68)70-6-2)23(21)19-7-9-20(10-8-19)26-71-15-27(16-72-26,11-13-28(40,41)30(44,45)32(48,49)34(52,53)36(56,57)38(60,61)62)12-14-29(42,43)31(46,47)33(50,51)35(54,55)37(58,59)39(63,64)65/h7-10,21,23,26H,5-6,11-16H2,1-4H3. The highest BCUT2D eigenvalue weighted by molar-refractivity contribution is 6.07. The number of ether oxygens (including phenoxy) is 4. The molecule has 33 heteroatoms. The molecule has 0 N–H and O–H groups in total. The molecule has 0 aliphatic carbocycles. The number of hydrogen-bond donors (Lipinski definition) is 0. The second kappa shape index (κ2) is 19.7. The van der Waals surface area contributed by atoms with Crippen molar-refractivity contribution in [3.63, 3.8) is 0 Å². The number of aliphatic imine (C=N–C) groups is 1. The Kier molecular flexibility index (Phi) is 17.0. The van der Waals surface area contributed by atoms with Gasteiger partial charge in [-0.15, -0.1) is 0 Å². The van der Waals surface area contributed by atoms with Crippen molar-refractivity contribution in [2.24, 2.45) is 16.3 Å². The van der Waals surface area contributed by atoms with Crippen molar-refractivity contribution in [2.75, 3.05) is 26.4 Å². The summed E-state index contributed by atoms with van der Waals surface area (Å²) in [7, 11) is 0. The summed E-state index contributed by atoms with van der Waals surface area (Å²) in [6.45, 7) is 1.62. The molecule has 0 spiro atoms. The molecule has 0 amide bonds. The van der Waals surface area contributed by atoms with Gasteiger partial charge in [-0.1, -0.05) is 24.3 Å². The van der Waals surface area contributed by atoms with E-state index in [1.807, 2.05) is 0 Å². The minimum atomic E-state index is -8.45. The normalized spacial score (nSPS) is 20.1. The molecular weight excluding hydrogens is 1070 g/mol. The molecule has 1 fully saturated rings. The molecule has 7 nitrogen and oxygen atoms in total. The van der Waals surface area contributed by atoms with Gasteiger partial charge in [-0.3, -0.25) is 9.79 Å². The van der Waals surface area contributed by atoms with Crippen LogP contribution in [-0.2, 0) is 28.5 Å². The fourth-order valence-corrected chi connectivity index (χ4v) is 7.23. The number of carbonyl (C=O) groups is 2. The highest BCUT2D eigenvalue weighted by Crippen LogP contribution is 2.63. The Hall–Kier alpha value is -4.33. The van der Waals surface area contributed by atoms with E-state index in [4.69, 9.17) is 18.9 Å². The first-order valence-corrected chi connectivity index (χ1v) is 19.9. The molecule has 2 unspecified atom stereocenters. The van der Waals surface area contributed by atoms with Crippen LogP contribution in [0.25, 0.3) is 0 Å². The monoisotopic (exact) mass is 1110 g/mol. The topological polar surface area (TPSA) is 83.4 Å². The number of halogens is 26. The molecule has 0 saturated carbocycles. The third kappa shape index (κ3) is 10.3. The zero-order valence-corrected chi connectivity index (χ0v) is 36.4. The number of alkyl halides is 26. The van der Waals surface area contributed by atoms with Crippen molar-refractivity contribution in [3.05, 3.63) is 46.7 Å². The molecule has 2 aliphatic heterocycles. The van der Waals surface area contributed by atoms with Crippen LogP contribution in [0.2, 0.25) is 0 Å². The molecule has 2 atom stereocenters. The average Bonchev–Trinajstić information content (AvgIpc) is 3.24. The summed E-state index contributed by atoms with van der Waals surface area (Å²) in [6, 6.07) is 4.23. The Morgan fingerprint density at radius 2 is 0.889 bits per heavy atom. The summed E-state index contributed by atoms with van der Waals surface area (Å²) < 4.78 is 380. The van der Waals surface area contributed by atoms with Crippen LogP contribution in [-0.4, -0.2) is 116 Å². The van der Waals surface area contributed by atoms with Gasteiger partial charge >= 0.3 is 83.5 Å². The van der Waals surface area contributed by atoms with Gasteiger partial charge in [-0.2, -0.15) is 114 Å². The minimum absolute atomic E-state index is 0.0379. The van der Waals surface area contributed by atoms with Gasteiger partial charge in [0.05, 0.1) is 32.0 Å². The van der Waals surface area contributed by atoms with Crippen LogP contribution in [0.4, 0.5) is 114 Å².